The van der Waals surface area contributed by atoms with Gasteiger partial charge in [-0.1, -0.05) is 18.2 Å². The van der Waals surface area contributed by atoms with Gasteiger partial charge < -0.3 is 10.2 Å². The lowest BCUT2D eigenvalue weighted by molar-refractivity contribution is -0.124. The standard InChI is InChI=1S/C18H20N2O2S/c1-13-9-11-23-16(13)8-10-19-17(21)12-20-15-5-3-2-4-14(15)6-7-18(20)22/h2-5,9,11H,6-8,10,12H2,1H3,(H,19,21). The number of amides is 2. The van der Waals surface area contributed by atoms with Gasteiger partial charge in [0, 0.05) is 23.5 Å². The zero-order valence-electron chi connectivity index (χ0n) is 13.2. The molecule has 0 aliphatic carbocycles. The Hall–Kier alpha value is -2.14. The van der Waals surface area contributed by atoms with Gasteiger partial charge in [0.1, 0.15) is 6.54 Å². The van der Waals surface area contributed by atoms with Crippen LogP contribution in [0.5, 0.6) is 0 Å². The van der Waals surface area contributed by atoms with E-state index in [-0.39, 0.29) is 18.4 Å². The van der Waals surface area contributed by atoms with Crippen molar-refractivity contribution >= 4 is 28.8 Å². The molecule has 2 amide bonds. The minimum absolute atomic E-state index is 0.0213. The summed E-state index contributed by atoms with van der Waals surface area (Å²) in [6.45, 7) is 2.78. The van der Waals surface area contributed by atoms with E-state index in [4.69, 9.17) is 0 Å². The van der Waals surface area contributed by atoms with Gasteiger partial charge in [-0.15, -0.1) is 11.3 Å². The van der Waals surface area contributed by atoms with Crippen LogP contribution >= 0.6 is 11.3 Å². The number of anilines is 1. The lowest BCUT2D eigenvalue weighted by Gasteiger charge is -2.28. The van der Waals surface area contributed by atoms with Crippen LogP contribution in [0.15, 0.2) is 35.7 Å². The molecule has 1 aliphatic heterocycles. The molecule has 0 atom stereocenters. The van der Waals surface area contributed by atoms with Gasteiger partial charge in [-0.3, -0.25) is 9.59 Å². The van der Waals surface area contributed by atoms with Gasteiger partial charge in [-0.25, -0.2) is 0 Å². The maximum Gasteiger partial charge on any atom is 0.240 e. The predicted octanol–water partition coefficient (Wildman–Crippen LogP) is 2.69. The second-order valence-electron chi connectivity index (χ2n) is 5.74. The molecule has 2 heterocycles. The molecular formula is C18H20N2O2S. The molecule has 1 aromatic carbocycles. The first kappa shape index (κ1) is 15.7. The third kappa shape index (κ3) is 3.62. The molecule has 4 nitrogen and oxygen atoms in total. The van der Waals surface area contributed by atoms with Crippen molar-refractivity contribution in [3.8, 4) is 0 Å². The summed E-state index contributed by atoms with van der Waals surface area (Å²) in [5.74, 6) is -0.0859. The number of carbonyl (C=O) groups is 2. The van der Waals surface area contributed by atoms with Crippen molar-refractivity contribution in [3.63, 3.8) is 0 Å². The Balaban J connectivity index is 1.57. The van der Waals surface area contributed by atoms with E-state index in [1.54, 1.807) is 16.2 Å². The molecule has 0 unspecified atom stereocenters. The largest absolute Gasteiger partial charge is 0.354 e. The molecular weight excluding hydrogens is 308 g/mol. The first-order chi connectivity index (χ1) is 11.1. The fourth-order valence-electron chi connectivity index (χ4n) is 2.84. The highest BCUT2D eigenvalue weighted by Crippen LogP contribution is 2.27. The van der Waals surface area contributed by atoms with Crippen LogP contribution in [0.4, 0.5) is 5.69 Å². The molecule has 0 saturated heterocycles. The molecule has 0 fully saturated rings. The lowest BCUT2D eigenvalue weighted by atomic mass is 10.0. The second-order valence-corrected chi connectivity index (χ2v) is 6.74. The molecule has 0 radical (unpaired) electrons. The summed E-state index contributed by atoms with van der Waals surface area (Å²) in [5.41, 5.74) is 3.27. The Morgan fingerprint density at radius 2 is 2.09 bits per heavy atom. The Morgan fingerprint density at radius 1 is 1.26 bits per heavy atom. The summed E-state index contributed by atoms with van der Waals surface area (Å²) in [7, 11) is 0. The van der Waals surface area contributed by atoms with Gasteiger partial charge in [0.25, 0.3) is 0 Å². The number of carbonyl (C=O) groups excluding carboxylic acids is 2. The predicted molar refractivity (Wildman–Crippen MR) is 92.9 cm³/mol. The second kappa shape index (κ2) is 6.96. The summed E-state index contributed by atoms with van der Waals surface area (Å²) in [4.78, 5) is 27.2. The first-order valence-corrected chi connectivity index (χ1v) is 8.71. The van der Waals surface area contributed by atoms with Crippen molar-refractivity contribution in [3.05, 3.63) is 51.7 Å². The van der Waals surface area contributed by atoms with Crippen molar-refractivity contribution in [1.82, 2.24) is 5.32 Å². The topological polar surface area (TPSA) is 49.4 Å². The molecule has 1 aliphatic rings. The smallest absolute Gasteiger partial charge is 0.240 e. The fourth-order valence-corrected chi connectivity index (χ4v) is 3.76. The van der Waals surface area contributed by atoms with Crippen LogP contribution in [0.1, 0.15) is 22.4 Å². The Labute approximate surface area is 140 Å². The monoisotopic (exact) mass is 328 g/mol. The van der Waals surface area contributed by atoms with E-state index in [0.29, 0.717) is 13.0 Å². The highest BCUT2D eigenvalue weighted by Gasteiger charge is 2.25. The Morgan fingerprint density at radius 3 is 2.87 bits per heavy atom. The molecule has 23 heavy (non-hydrogen) atoms. The van der Waals surface area contributed by atoms with E-state index < -0.39 is 0 Å². The Kier molecular flexibility index (Phi) is 4.76. The van der Waals surface area contributed by atoms with E-state index in [0.717, 1.165) is 24.1 Å². The van der Waals surface area contributed by atoms with Crippen molar-refractivity contribution in [1.29, 1.82) is 0 Å². The maximum absolute atomic E-state index is 12.2. The van der Waals surface area contributed by atoms with Crippen LogP contribution in [0, 0.1) is 6.92 Å². The van der Waals surface area contributed by atoms with E-state index >= 15 is 0 Å². The van der Waals surface area contributed by atoms with Crippen molar-refractivity contribution in [2.75, 3.05) is 18.0 Å². The molecule has 5 heteroatoms. The highest BCUT2D eigenvalue weighted by molar-refractivity contribution is 7.10. The van der Waals surface area contributed by atoms with E-state index in [1.807, 2.05) is 24.3 Å². The molecule has 0 spiro atoms. The minimum Gasteiger partial charge on any atom is -0.354 e. The fraction of sp³-hybridized carbons (Fsp3) is 0.333. The number of hydrogen-bond acceptors (Lipinski definition) is 3. The SMILES string of the molecule is Cc1ccsc1CCNC(=O)CN1C(=O)CCc2ccccc21. The normalized spacial score (nSPS) is 13.8. The van der Waals surface area contributed by atoms with Crippen LogP contribution in [-0.4, -0.2) is 24.9 Å². The average Bonchev–Trinajstić information content (AvgIpc) is 2.95. The quantitative estimate of drug-likeness (QED) is 0.917. The number of para-hydroxylation sites is 1. The summed E-state index contributed by atoms with van der Waals surface area (Å²) >= 11 is 1.71. The zero-order valence-corrected chi connectivity index (χ0v) is 14.0. The third-order valence-electron chi connectivity index (χ3n) is 4.14. The number of aryl methyl sites for hydroxylation is 2. The van der Waals surface area contributed by atoms with E-state index in [9.17, 15) is 9.59 Å². The number of fused-ring (bicyclic) bond motifs is 1. The van der Waals surface area contributed by atoms with Crippen LogP contribution in [0.2, 0.25) is 0 Å². The van der Waals surface area contributed by atoms with Gasteiger partial charge in [-0.05, 0) is 48.4 Å². The summed E-state index contributed by atoms with van der Waals surface area (Å²) in [5, 5.41) is 4.99. The van der Waals surface area contributed by atoms with Gasteiger partial charge in [-0.2, -0.15) is 0 Å². The molecule has 2 aromatic rings. The van der Waals surface area contributed by atoms with Gasteiger partial charge in [0.05, 0.1) is 0 Å². The number of nitrogens with one attached hydrogen (secondary N) is 1. The molecule has 0 saturated carbocycles. The van der Waals surface area contributed by atoms with Crippen molar-refractivity contribution in [2.24, 2.45) is 0 Å². The maximum atomic E-state index is 12.2. The summed E-state index contributed by atoms with van der Waals surface area (Å²) in [6.07, 6.45) is 2.06. The number of nitrogens with zero attached hydrogens (tertiary/aromatic N) is 1. The molecule has 3 rings (SSSR count). The number of benzene rings is 1. The van der Waals surface area contributed by atoms with E-state index in [1.165, 1.54) is 10.4 Å². The number of rotatable bonds is 5. The highest BCUT2D eigenvalue weighted by atomic mass is 32.1. The van der Waals surface area contributed by atoms with Crippen molar-refractivity contribution < 1.29 is 9.59 Å². The summed E-state index contributed by atoms with van der Waals surface area (Å²) < 4.78 is 0. The van der Waals surface area contributed by atoms with E-state index in [2.05, 4.69) is 23.7 Å². The average molecular weight is 328 g/mol. The Bertz CT molecular complexity index is 723. The first-order valence-electron chi connectivity index (χ1n) is 7.83. The molecule has 1 aromatic heterocycles. The molecule has 120 valence electrons. The van der Waals surface area contributed by atoms with Gasteiger partial charge in [0.15, 0.2) is 0 Å². The molecule has 1 N–H and O–H groups in total. The number of hydrogen-bond donors (Lipinski definition) is 1. The summed E-state index contributed by atoms with van der Waals surface area (Å²) in [6, 6.07) is 9.89. The van der Waals surface area contributed by atoms with Crippen LogP contribution in [0.3, 0.4) is 0 Å². The molecule has 0 bridgehead atoms. The third-order valence-corrected chi connectivity index (χ3v) is 5.22. The van der Waals surface area contributed by atoms with Gasteiger partial charge >= 0.3 is 0 Å². The minimum atomic E-state index is -0.107. The van der Waals surface area contributed by atoms with Crippen molar-refractivity contribution in [2.45, 2.75) is 26.2 Å². The van der Waals surface area contributed by atoms with Crippen LogP contribution in [-0.2, 0) is 22.4 Å². The van der Waals surface area contributed by atoms with Gasteiger partial charge in [0.2, 0.25) is 11.8 Å². The lowest BCUT2D eigenvalue weighted by Crippen LogP contribution is -2.43. The number of thiophene rings is 1. The zero-order chi connectivity index (χ0) is 16.2. The van der Waals surface area contributed by atoms with Crippen LogP contribution in [0.25, 0.3) is 0 Å². The van der Waals surface area contributed by atoms with Crippen LogP contribution < -0.4 is 10.2 Å².